The molecular formula is C18H29NO2. The highest BCUT2D eigenvalue weighted by Gasteiger charge is 2.19. The van der Waals surface area contributed by atoms with E-state index in [1.807, 2.05) is 6.07 Å². The lowest BCUT2D eigenvalue weighted by Gasteiger charge is -2.28. The van der Waals surface area contributed by atoms with Crippen molar-refractivity contribution in [3.05, 3.63) is 23.8 Å². The number of hydrogen-bond donors (Lipinski definition) is 1. The van der Waals surface area contributed by atoms with Gasteiger partial charge in [0.25, 0.3) is 0 Å². The van der Waals surface area contributed by atoms with E-state index in [4.69, 9.17) is 9.47 Å². The van der Waals surface area contributed by atoms with Crippen LogP contribution in [0.4, 0.5) is 0 Å². The van der Waals surface area contributed by atoms with Gasteiger partial charge in [-0.15, -0.1) is 0 Å². The lowest BCUT2D eigenvalue weighted by Crippen LogP contribution is -2.28. The minimum Gasteiger partial charge on any atom is -0.493 e. The number of methoxy groups -OCH3 is 2. The predicted octanol–water partition coefficient (Wildman–Crippen LogP) is 4.18. The van der Waals surface area contributed by atoms with Crippen LogP contribution in [0.15, 0.2) is 18.2 Å². The second kappa shape index (κ2) is 7.69. The number of rotatable bonds is 6. The molecule has 0 aliphatic heterocycles. The van der Waals surface area contributed by atoms with Gasteiger partial charge in [0.15, 0.2) is 11.5 Å². The highest BCUT2D eigenvalue weighted by Crippen LogP contribution is 2.31. The summed E-state index contributed by atoms with van der Waals surface area (Å²) in [6.07, 6.45) is 5.53. The van der Waals surface area contributed by atoms with Crippen LogP contribution in [0.25, 0.3) is 0 Å². The van der Waals surface area contributed by atoms with Gasteiger partial charge in [0.1, 0.15) is 0 Å². The van der Waals surface area contributed by atoms with Gasteiger partial charge in [-0.3, -0.25) is 0 Å². The van der Waals surface area contributed by atoms with Gasteiger partial charge in [0.05, 0.1) is 14.2 Å². The summed E-state index contributed by atoms with van der Waals surface area (Å²) in [5.41, 5.74) is 1.25. The smallest absolute Gasteiger partial charge is 0.161 e. The quantitative estimate of drug-likeness (QED) is 0.853. The average molecular weight is 291 g/mol. The van der Waals surface area contributed by atoms with Gasteiger partial charge >= 0.3 is 0 Å². The molecule has 3 atom stereocenters. The normalized spacial score (nSPS) is 23.6. The molecule has 1 N–H and O–H groups in total. The first-order valence-electron chi connectivity index (χ1n) is 8.09. The van der Waals surface area contributed by atoms with Crippen LogP contribution in [0.3, 0.4) is 0 Å². The Hall–Kier alpha value is -1.22. The second-order valence-corrected chi connectivity index (χ2v) is 6.38. The van der Waals surface area contributed by atoms with Crippen LogP contribution in [-0.4, -0.2) is 20.8 Å². The summed E-state index contributed by atoms with van der Waals surface area (Å²) in [5, 5.41) is 3.68. The first-order chi connectivity index (χ1) is 10.1. The number of ether oxygens (including phenoxy) is 2. The number of hydrogen-bond acceptors (Lipinski definition) is 3. The van der Waals surface area contributed by atoms with Gasteiger partial charge in [-0.25, -0.2) is 0 Å². The molecule has 1 saturated carbocycles. The van der Waals surface area contributed by atoms with E-state index in [2.05, 4.69) is 31.3 Å². The number of benzene rings is 1. The molecule has 3 heteroatoms. The van der Waals surface area contributed by atoms with Crippen molar-refractivity contribution in [2.45, 2.75) is 45.6 Å². The van der Waals surface area contributed by atoms with E-state index in [1.165, 1.54) is 31.2 Å². The number of nitrogens with one attached hydrogen (secondary N) is 1. The van der Waals surface area contributed by atoms with Crippen LogP contribution in [-0.2, 0) is 0 Å². The third-order valence-corrected chi connectivity index (χ3v) is 4.67. The lowest BCUT2D eigenvalue weighted by molar-refractivity contribution is 0.268. The third kappa shape index (κ3) is 4.37. The Kier molecular flexibility index (Phi) is 5.92. The van der Waals surface area contributed by atoms with Crippen molar-refractivity contribution in [2.75, 3.05) is 20.8 Å². The molecule has 0 heterocycles. The van der Waals surface area contributed by atoms with Gasteiger partial charge in [0, 0.05) is 6.04 Å². The van der Waals surface area contributed by atoms with Crippen molar-refractivity contribution in [2.24, 2.45) is 11.8 Å². The molecule has 1 aromatic rings. The summed E-state index contributed by atoms with van der Waals surface area (Å²) in [4.78, 5) is 0. The van der Waals surface area contributed by atoms with Crippen molar-refractivity contribution in [3.8, 4) is 11.5 Å². The van der Waals surface area contributed by atoms with E-state index in [-0.39, 0.29) is 0 Å². The van der Waals surface area contributed by atoms with Gasteiger partial charge in [0.2, 0.25) is 0 Å². The molecule has 1 aliphatic rings. The molecule has 118 valence electrons. The summed E-state index contributed by atoms with van der Waals surface area (Å²) in [6, 6.07) is 6.50. The van der Waals surface area contributed by atoms with Gasteiger partial charge < -0.3 is 14.8 Å². The SMILES string of the molecule is COc1ccc(C(C)NCC2CCCC(C)C2)cc1OC. The van der Waals surface area contributed by atoms with Crippen LogP contribution >= 0.6 is 0 Å². The van der Waals surface area contributed by atoms with E-state index < -0.39 is 0 Å². The largest absolute Gasteiger partial charge is 0.493 e. The maximum absolute atomic E-state index is 5.38. The molecule has 0 amide bonds. The van der Waals surface area contributed by atoms with Gasteiger partial charge in [-0.05, 0) is 55.8 Å². The van der Waals surface area contributed by atoms with Crippen molar-refractivity contribution in [3.63, 3.8) is 0 Å². The highest BCUT2D eigenvalue weighted by molar-refractivity contribution is 5.43. The second-order valence-electron chi connectivity index (χ2n) is 6.38. The summed E-state index contributed by atoms with van der Waals surface area (Å²) in [5.74, 6) is 3.31. The molecule has 1 fully saturated rings. The Bertz CT molecular complexity index is 447. The van der Waals surface area contributed by atoms with Gasteiger partial charge in [-0.1, -0.05) is 25.8 Å². The molecule has 1 aromatic carbocycles. The van der Waals surface area contributed by atoms with Crippen molar-refractivity contribution in [1.82, 2.24) is 5.32 Å². The summed E-state index contributed by atoms with van der Waals surface area (Å²) < 4.78 is 10.7. The molecule has 0 radical (unpaired) electrons. The zero-order valence-electron chi connectivity index (χ0n) is 13.8. The standard InChI is InChI=1S/C18H29NO2/c1-13-6-5-7-15(10-13)12-19-14(2)16-8-9-17(20-3)18(11-16)21-4/h8-9,11,13-15,19H,5-7,10,12H2,1-4H3. The molecule has 3 unspecified atom stereocenters. The fraction of sp³-hybridized carbons (Fsp3) is 0.667. The molecule has 0 spiro atoms. The molecule has 1 aliphatic carbocycles. The third-order valence-electron chi connectivity index (χ3n) is 4.67. The highest BCUT2D eigenvalue weighted by atomic mass is 16.5. The summed E-state index contributed by atoms with van der Waals surface area (Å²) in [6.45, 7) is 5.71. The van der Waals surface area contributed by atoms with Crippen LogP contribution in [0, 0.1) is 11.8 Å². The van der Waals surface area contributed by atoms with E-state index in [1.54, 1.807) is 14.2 Å². The zero-order chi connectivity index (χ0) is 15.2. The fourth-order valence-corrected chi connectivity index (χ4v) is 3.33. The Morgan fingerprint density at radius 1 is 1.19 bits per heavy atom. The van der Waals surface area contributed by atoms with E-state index in [0.717, 1.165) is 29.9 Å². The van der Waals surface area contributed by atoms with Crippen molar-refractivity contribution >= 4 is 0 Å². The molecule has 0 bridgehead atoms. The minimum absolute atomic E-state index is 0.335. The van der Waals surface area contributed by atoms with Crippen LogP contribution in [0.2, 0.25) is 0 Å². The van der Waals surface area contributed by atoms with Crippen LogP contribution in [0.1, 0.15) is 51.1 Å². The summed E-state index contributed by atoms with van der Waals surface area (Å²) >= 11 is 0. The molecular weight excluding hydrogens is 262 g/mol. The lowest BCUT2D eigenvalue weighted by atomic mass is 9.82. The van der Waals surface area contributed by atoms with Crippen molar-refractivity contribution in [1.29, 1.82) is 0 Å². The Morgan fingerprint density at radius 2 is 1.95 bits per heavy atom. The maximum atomic E-state index is 5.38. The molecule has 0 saturated heterocycles. The monoisotopic (exact) mass is 291 g/mol. The fourth-order valence-electron chi connectivity index (χ4n) is 3.33. The van der Waals surface area contributed by atoms with E-state index >= 15 is 0 Å². The zero-order valence-corrected chi connectivity index (χ0v) is 13.8. The van der Waals surface area contributed by atoms with Gasteiger partial charge in [-0.2, -0.15) is 0 Å². The predicted molar refractivity (Wildman–Crippen MR) is 87.1 cm³/mol. The van der Waals surface area contributed by atoms with E-state index in [9.17, 15) is 0 Å². The topological polar surface area (TPSA) is 30.5 Å². The average Bonchev–Trinajstić information content (AvgIpc) is 2.52. The minimum atomic E-state index is 0.335. The maximum Gasteiger partial charge on any atom is 0.161 e. The first-order valence-corrected chi connectivity index (χ1v) is 8.09. The molecule has 3 nitrogen and oxygen atoms in total. The first kappa shape index (κ1) is 16.2. The summed E-state index contributed by atoms with van der Waals surface area (Å²) in [7, 11) is 3.35. The molecule has 21 heavy (non-hydrogen) atoms. The Morgan fingerprint density at radius 3 is 2.62 bits per heavy atom. The van der Waals surface area contributed by atoms with Crippen LogP contribution in [0.5, 0.6) is 11.5 Å². The Labute approximate surface area is 129 Å². The van der Waals surface area contributed by atoms with Crippen LogP contribution < -0.4 is 14.8 Å². The molecule has 2 rings (SSSR count). The van der Waals surface area contributed by atoms with Crippen molar-refractivity contribution < 1.29 is 9.47 Å². The van der Waals surface area contributed by atoms with E-state index in [0.29, 0.717) is 6.04 Å². The molecule has 0 aromatic heterocycles. The Balaban J connectivity index is 1.92.